The first-order valence-electron chi connectivity index (χ1n) is 5.97. The van der Waals surface area contributed by atoms with E-state index in [-0.39, 0.29) is 16.5 Å². The van der Waals surface area contributed by atoms with Crippen molar-refractivity contribution >= 4 is 32.6 Å². The van der Waals surface area contributed by atoms with Crippen molar-refractivity contribution in [3.05, 3.63) is 46.3 Å². The molecule has 0 radical (unpaired) electrons. The second-order valence-corrected chi connectivity index (χ2v) is 6.35. The molecule has 1 atom stereocenters. The van der Waals surface area contributed by atoms with Crippen molar-refractivity contribution < 1.29 is 26.5 Å². The zero-order chi connectivity index (χ0) is 17.2. The van der Waals surface area contributed by atoms with Crippen LogP contribution < -0.4 is 9.46 Å². The van der Waals surface area contributed by atoms with Gasteiger partial charge in [0.05, 0.1) is 17.6 Å². The fourth-order valence-electron chi connectivity index (χ4n) is 1.66. The van der Waals surface area contributed by atoms with Crippen molar-refractivity contribution in [2.24, 2.45) is 0 Å². The summed E-state index contributed by atoms with van der Waals surface area (Å²) in [4.78, 5) is 3.67. The van der Waals surface area contributed by atoms with E-state index >= 15 is 0 Å². The zero-order valence-corrected chi connectivity index (χ0v) is 13.9. The van der Waals surface area contributed by atoms with Gasteiger partial charge in [0.1, 0.15) is 22.5 Å². The Morgan fingerprint density at radius 2 is 2.00 bits per heavy atom. The molecule has 0 aliphatic carbocycles. The Bertz CT molecular complexity index is 755. The summed E-state index contributed by atoms with van der Waals surface area (Å²) in [5, 5.41) is 0. The first-order chi connectivity index (χ1) is 10.7. The second-order valence-electron chi connectivity index (χ2n) is 4.22. The number of alkyl halides is 3. The monoisotopic (exact) mass is 412 g/mol. The van der Waals surface area contributed by atoms with Gasteiger partial charge in [-0.3, -0.25) is 4.72 Å². The average molecular weight is 413 g/mol. The Hall–Kier alpha value is -1.68. The van der Waals surface area contributed by atoms with Gasteiger partial charge in [-0.05, 0) is 40.2 Å². The highest BCUT2D eigenvalue weighted by atomic mass is 79.9. The standard InChI is InChI=1S/C13H9BrF4N2O2S/c1-22-12-11(4-7(14)6-19-12)20-23(21)8-2-3-10(15)9(5-8)13(16,17)18/h2-6,20H,1H3. The minimum atomic E-state index is -4.88. The Labute approximate surface area is 139 Å². The lowest BCUT2D eigenvalue weighted by atomic mass is 10.2. The van der Waals surface area contributed by atoms with Crippen molar-refractivity contribution in [1.29, 1.82) is 0 Å². The van der Waals surface area contributed by atoms with Gasteiger partial charge in [0.25, 0.3) is 0 Å². The number of hydrogen-bond donors (Lipinski definition) is 1. The zero-order valence-electron chi connectivity index (χ0n) is 11.4. The van der Waals surface area contributed by atoms with Gasteiger partial charge >= 0.3 is 6.18 Å². The van der Waals surface area contributed by atoms with Crippen molar-refractivity contribution in [1.82, 2.24) is 4.98 Å². The maximum Gasteiger partial charge on any atom is 0.419 e. The molecule has 4 nitrogen and oxygen atoms in total. The van der Waals surface area contributed by atoms with Crippen LogP contribution >= 0.6 is 15.9 Å². The molecular weight excluding hydrogens is 404 g/mol. The normalized spacial score (nSPS) is 12.8. The van der Waals surface area contributed by atoms with Gasteiger partial charge in [-0.1, -0.05) is 0 Å². The number of benzene rings is 1. The van der Waals surface area contributed by atoms with E-state index < -0.39 is 28.5 Å². The number of rotatable bonds is 4. The van der Waals surface area contributed by atoms with Gasteiger partial charge < -0.3 is 4.74 Å². The first kappa shape index (κ1) is 17.7. The number of nitrogens with zero attached hydrogens (tertiary/aromatic N) is 1. The largest absolute Gasteiger partial charge is 0.480 e. The Morgan fingerprint density at radius 3 is 2.61 bits per heavy atom. The highest BCUT2D eigenvalue weighted by Gasteiger charge is 2.34. The molecule has 0 amide bonds. The molecule has 0 saturated heterocycles. The summed E-state index contributed by atoms with van der Waals surface area (Å²) in [5.41, 5.74) is -1.28. The number of nitrogens with one attached hydrogen (secondary N) is 1. The van der Waals surface area contributed by atoms with E-state index in [9.17, 15) is 21.8 Å². The highest BCUT2D eigenvalue weighted by molar-refractivity contribution is 9.10. The summed E-state index contributed by atoms with van der Waals surface area (Å²) in [7, 11) is -0.728. The minimum absolute atomic E-state index is 0.111. The Kier molecular flexibility index (Phi) is 5.25. The SMILES string of the molecule is COc1ncc(Br)cc1NS(=O)c1ccc(F)c(C(F)(F)F)c1. The van der Waals surface area contributed by atoms with E-state index in [1.807, 2.05) is 0 Å². The molecule has 2 rings (SSSR count). The lowest BCUT2D eigenvalue weighted by Crippen LogP contribution is -2.11. The molecule has 0 spiro atoms. The van der Waals surface area contributed by atoms with Crippen LogP contribution in [0.2, 0.25) is 0 Å². The maximum atomic E-state index is 13.3. The number of halogens is 5. The van der Waals surface area contributed by atoms with Gasteiger partial charge in [0, 0.05) is 10.7 Å². The molecule has 0 aliphatic rings. The molecule has 0 fully saturated rings. The van der Waals surface area contributed by atoms with Crippen LogP contribution in [-0.2, 0) is 17.2 Å². The van der Waals surface area contributed by atoms with Crippen molar-refractivity contribution in [3.63, 3.8) is 0 Å². The quantitative estimate of drug-likeness (QED) is 0.767. The highest BCUT2D eigenvalue weighted by Crippen LogP contribution is 2.33. The Balaban J connectivity index is 2.34. The van der Waals surface area contributed by atoms with E-state index in [1.54, 1.807) is 0 Å². The van der Waals surface area contributed by atoms with Crippen LogP contribution in [0.5, 0.6) is 5.88 Å². The molecule has 1 heterocycles. The average Bonchev–Trinajstić information content (AvgIpc) is 2.46. The van der Waals surface area contributed by atoms with Crippen molar-refractivity contribution in [2.45, 2.75) is 11.1 Å². The van der Waals surface area contributed by atoms with Crippen molar-refractivity contribution in [2.75, 3.05) is 11.8 Å². The van der Waals surface area contributed by atoms with Gasteiger partial charge in [-0.15, -0.1) is 0 Å². The fourth-order valence-corrected chi connectivity index (χ4v) is 2.87. The lowest BCUT2D eigenvalue weighted by molar-refractivity contribution is -0.140. The van der Waals surface area contributed by atoms with Crippen LogP contribution in [-0.4, -0.2) is 16.3 Å². The predicted octanol–water partition coefficient (Wildman–Crippen LogP) is 4.15. The third-order valence-electron chi connectivity index (χ3n) is 2.67. The summed E-state index contributed by atoms with van der Waals surface area (Å²) < 4.78 is 71.5. The van der Waals surface area contributed by atoms with Gasteiger partial charge in [0.2, 0.25) is 5.88 Å². The molecule has 2 aromatic rings. The Morgan fingerprint density at radius 1 is 1.30 bits per heavy atom. The third-order valence-corrected chi connectivity index (χ3v) is 4.19. The summed E-state index contributed by atoms with van der Waals surface area (Å²) in [6.07, 6.45) is -3.44. The third kappa shape index (κ3) is 4.20. The first-order valence-corrected chi connectivity index (χ1v) is 7.91. The molecule has 1 N–H and O–H groups in total. The lowest BCUT2D eigenvalue weighted by Gasteiger charge is -2.12. The van der Waals surface area contributed by atoms with Crippen LogP contribution in [0.15, 0.2) is 39.8 Å². The molecular formula is C13H9BrF4N2O2S. The molecule has 0 saturated carbocycles. The fraction of sp³-hybridized carbons (Fsp3) is 0.154. The van der Waals surface area contributed by atoms with E-state index in [4.69, 9.17) is 4.74 Å². The predicted molar refractivity (Wildman–Crippen MR) is 79.9 cm³/mol. The number of aromatic nitrogens is 1. The van der Waals surface area contributed by atoms with Crippen LogP contribution in [0, 0.1) is 5.82 Å². The molecule has 0 aliphatic heterocycles. The number of anilines is 1. The maximum absolute atomic E-state index is 13.3. The minimum Gasteiger partial charge on any atom is -0.480 e. The molecule has 23 heavy (non-hydrogen) atoms. The van der Waals surface area contributed by atoms with Crippen LogP contribution in [0.3, 0.4) is 0 Å². The van der Waals surface area contributed by atoms with Crippen molar-refractivity contribution in [3.8, 4) is 5.88 Å². The van der Waals surface area contributed by atoms with E-state index in [0.717, 1.165) is 6.07 Å². The van der Waals surface area contributed by atoms with Gasteiger partial charge in [0.15, 0.2) is 0 Å². The molecule has 0 bridgehead atoms. The van der Waals surface area contributed by atoms with Gasteiger partial charge in [-0.2, -0.15) is 13.2 Å². The van der Waals surface area contributed by atoms with Gasteiger partial charge in [-0.25, -0.2) is 13.6 Å². The van der Waals surface area contributed by atoms with E-state index in [1.165, 1.54) is 19.4 Å². The topological polar surface area (TPSA) is 51.2 Å². The van der Waals surface area contributed by atoms with Crippen LogP contribution in [0.25, 0.3) is 0 Å². The van der Waals surface area contributed by atoms with E-state index in [0.29, 0.717) is 16.6 Å². The number of methoxy groups -OCH3 is 1. The molecule has 124 valence electrons. The molecule has 1 unspecified atom stereocenters. The number of pyridine rings is 1. The smallest absolute Gasteiger partial charge is 0.419 e. The number of hydrogen-bond acceptors (Lipinski definition) is 3. The van der Waals surface area contributed by atoms with E-state index in [2.05, 4.69) is 25.6 Å². The summed E-state index contributed by atoms with van der Waals surface area (Å²) in [6, 6.07) is 3.62. The molecule has 1 aromatic heterocycles. The molecule has 10 heteroatoms. The second kappa shape index (κ2) is 6.83. The molecule has 1 aromatic carbocycles. The summed E-state index contributed by atoms with van der Waals surface area (Å²) in [6.45, 7) is 0. The van der Waals surface area contributed by atoms with Crippen LogP contribution in [0.4, 0.5) is 23.2 Å². The van der Waals surface area contributed by atoms with Crippen LogP contribution in [0.1, 0.15) is 5.56 Å². The number of ether oxygens (including phenoxy) is 1. The summed E-state index contributed by atoms with van der Waals surface area (Å²) in [5.74, 6) is -1.32. The summed E-state index contributed by atoms with van der Waals surface area (Å²) >= 11 is 3.16.